The molecule has 0 aliphatic carbocycles. The first kappa shape index (κ1) is 17.7. The van der Waals surface area contributed by atoms with Crippen LogP contribution < -0.4 is 10.9 Å². The number of urea groups is 1. The summed E-state index contributed by atoms with van der Waals surface area (Å²) in [6.45, 7) is 1.80. The van der Waals surface area contributed by atoms with Gasteiger partial charge in [0.25, 0.3) is 5.56 Å². The summed E-state index contributed by atoms with van der Waals surface area (Å²) in [6.07, 6.45) is 6.24. The normalized spacial score (nSPS) is 13.5. The largest absolute Gasteiger partial charge is 0.338 e. The Morgan fingerprint density at radius 1 is 1.41 bits per heavy atom. The van der Waals surface area contributed by atoms with Crippen LogP contribution in [0.4, 0.5) is 4.79 Å². The lowest BCUT2D eigenvalue weighted by atomic mass is 10.2. The maximum atomic E-state index is 12.3. The van der Waals surface area contributed by atoms with Crippen LogP contribution in [0.5, 0.6) is 0 Å². The van der Waals surface area contributed by atoms with Gasteiger partial charge < -0.3 is 19.8 Å². The van der Waals surface area contributed by atoms with Gasteiger partial charge in [0.15, 0.2) is 0 Å². The fourth-order valence-electron chi connectivity index (χ4n) is 3.32. The molecule has 3 aromatic rings. The number of fused-ring (bicyclic) bond motifs is 2. The summed E-state index contributed by atoms with van der Waals surface area (Å²) in [5.74, 6) is 1.63. The number of aromatic nitrogens is 4. The predicted octanol–water partition coefficient (Wildman–Crippen LogP) is 1.90. The summed E-state index contributed by atoms with van der Waals surface area (Å²) >= 11 is 1.36. The minimum absolute atomic E-state index is 0.164. The number of carbonyl (C=O) groups is 1. The van der Waals surface area contributed by atoms with Crippen LogP contribution in [-0.4, -0.2) is 44.0 Å². The summed E-state index contributed by atoms with van der Waals surface area (Å²) in [5, 5.41) is 4.73. The number of nitrogens with one attached hydrogen (secondary N) is 2. The average molecular weight is 386 g/mol. The van der Waals surface area contributed by atoms with Crippen molar-refractivity contribution in [2.45, 2.75) is 38.8 Å². The van der Waals surface area contributed by atoms with Gasteiger partial charge in [-0.25, -0.2) is 14.8 Å². The van der Waals surface area contributed by atoms with E-state index < -0.39 is 0 Å². The number of hydrogen-bond donors (Lipinski definition) is 2. The molecule has 3 aromatic heterocycles. The standard InChI is InChI=1S/C18H22N6O2S/c1-23(11-14-21-13-6-9-27-16(13)17(25)22-14)18(26)19-7-5-12-10-24-8-3-2-4-15(24)20-12/h6,9-10H,2-5,7-8,11H2,1H3,(H,19,26)(H,21,22,25). The van der Waals surface area contributed by atoms with Crippen molar-refractivity contribution in [1.82, 2.24) is 29.7 Å². The van der Waals surface area contributed by atoms with Gasteiger partial charge in [-0.2, -0.15) is 0 Å². The number of H-pyrrole nitrogens is 1. The van der Waals surface area contributed by atoms with Crippen molar-refractivity contribution in [3.05, 3.63) is 45.3 Å². The van der Waals surface area contributed by atoms with Gasteiger partial charge in [0.2, 0.25) is 0 Å². The van der Waals surface area contributed by atoms with Crippen molar-refractivity contribution in [2.24, 2.45) is 0 Å². The quantitative estimate of drug-likeness (QED) is 0.700. The summed E-state index contributed by atoms with van der Waals surface area (Å²) in [5.41, 5.74) is 1.52. The third-order valence-corrected chi connectivity index (χ3v) is 5.62. The third-order valence-electron chi connectivity index (χ3n) is 4.71. The van der Waals surface area contributed by atoms with Gasteiger partial charge in [-0.1, -0.05) is 0 Å². The fourth-order valence-corrected chi connectivity index (χ4v) is 4.04. The highest BCUT2D eigenvalue weighted by atomic mass is 32.1. The Balaban J connectivity index is 1.31. The van der Waals surface area contributed by atoms with E-state index in [1.54, 1.807) is 7.05 Å². The molecule has 0 fully saturated rings. The molecule has 2 N–H and O–H groups in total. The van der Waals surface area contributed by atoms with Crippen LogP contribution in [0, 0.1) is 0 Å². The summed E-state index contributed by atoms with van der Waals surface area (Å²) < 4.78 is 2.82. The van der Waals surface area contributed by atoms with Crippen molar-refractivity contribution in [3.8, 4) is 0 Å². The molecule has 0 bridgehead atoms. The van der Waals surface area contributed by atoms with E-state index in [-0.39, 0.29) is 18.1 Å². The molecule has 27 heavy (non-hydrogen) atoms. The Hall–Kier alpha value is -2.68. The van der Waals surface area contributed by atoms with Crippen LogP contribution in [0.2, 0.25) is 0 Å². The molecule has 2 amide bonds. The Labute approximate surface area is 160 Å². The predicted molar refractivity (Wildman–Crippen MR) is 104 cm³/mol. The number of imidazole rings is 1. The van der Waals surface area contributed by atoms with Crippen LogP contribution in [-0.2, 0) is 25.9 Å². The number of hydrogen-bond acceptors (Lipinski definition) is 5. The number of rotatable bonds is 5. The SMILES string of the molecule is CN(Cc1nc2ccsc2c(=O)[nH]1)C(=O)NCCc1cn2c(n1)CCCC2. The number of aromatic amines is 1. The van der Waals surface area contributed by atoms with E-state index in [1.807, 2.05) is 11.4 Å². The van der Waals surface area contributed by atoms with Gasteiger partial charge in [-0.3, -0.25) is 4.79 Å². The molecule has 0 saturated heterocycles. The molecule has 0 aromatic carbocycles. The third kappa shape index (κ3) is 3.87. The van der Waals surface area contributed by atoms with Gasteiger partial charge >= 0.3 is 6.03 Å². The Morgan fingerprint density at radius 2 is 2.30 bits per heavy atom. The van der Waals surface area contributed by atoms with E-state index in [4.69, 9.17) is 0 Å². The highest BCUT2D eigenvalue weighted by molar-refractivity contribution is 7.17. The van der Waals surface area contributed by atoms with E-state index in [9.17, 15) is 9.59 Å². The second kappa shape index (κ2) is 7.51. The van der Waals surface area contributed by atoms with Crippen LogP contribution >= 0.6 is 11.3 Å². The first-order valence-electron chi connectivity index (χ1n) is 9.10. The van der Waals surface area contributed by atoms with Crippen molar-refractivity contribution in [3.63, 3.8) is 0 Å². The fraction of sp³-hybridized carbons (Fsp3) is 0.444. The van der Waals surface area contributed by atoms with E-state index in [0.29, 0.717) is 29.0 Å². The van der Waals surface area contributed by atoms with Gasteiger partial charge in [0.1, 0.15) is 16.3 Å². The van der Waals surface area contributed by atoms with Crippen LogP contribution in [0.25, 0.3) is 10.2 Å². The van der Waals surface area contributed by atoms with Crippen molar-refractivity contribution >= 4 is 27.6 Å². The Kier molecular flexibility index (Phi) is 4.93. The first-order valence-corrected chi connectivity index (χ1v) is 9.98. The second-order valence-electron chi connectivity index (χ2n) is 6.78. The van der Waals surface area contributed by atoms with Crippen molar-refractivity contribution in [1.29, 1.82) is 0 Å². The molecular weight excluding hydrogens is 364 g/mol. The molecule has 9 heteroatoms. The Bertz CT molecular complexity index is 997. The van der Waals surface area contributed by atoms with Crippen LogP contribution in [0.1, 0.15) is 30.2 Å². The van der Waals surface area contributed by atoms with Crippen LogP contribution in [0.3, 0.4) is 0 Å². The number of amides is 2. The molecule has 0 unspecified atom stereocenters. The minimum atomic E-state index is -0.202. The molecule has 0 spiro atoms. The number of nitrogens with zero attached hydrogens (tertiary/aromatic N) is 4. The lowest BCUT2D eigenvalue weighted by Crippen LogP contribution is -2.38. The lowest BCUT2D eigenvalue weighted by Gasteiger charge is -2.17. The molecule has 1 aliphatic heterocycles. The highest BCUT2D eigenvalue weighted by Gasteiger charge is 2.14. The van der Waals surface area contributed by atoms with Gasteiger partial charge in [0.05, 0.1) is 17.8 Å². The molecule has 0 atom stereocenters. The zero-order valence-corrected chi connectivity index (χ0v) is 16.0. The highest BCUT2D eigenvalue weighted by Crippen LogP contribution is 2.15. The van der Waals surface area contributed by atoms with E-state index in [2.05, 4.69) is 31.0 Å². The average Bonchev–Trinajstić information content (AvgIpc) is 3.27. The smallest absolute Gasteiger partial charge is 0.317 e. The first-order chi connectivity index (χ1) is 13.1. The zero-order valence-electron chi connectivity index (χ0n) is 15.2. The van der Waals surface area contributed by atoms with Crippen molar-refractivity contribution < 1.29 is 4.79 Å². The molecule has 4 rings (SSSR count). The second-order valence-corrected chi connectivity index (χ2v) is 7.70. The van der Waals surface area contributed by atoms with Gasteiger partial charge in [-0.15, -0.1) is 11.3 Å². The summed E-state index contributed by atoms with van der Waals surface area (Å²) in [6, 6.07) is 1.61. The lowest BCUT2D eigenvalue weighted by molar-refractivity contribution is 0.206. The number of thiophene rings is 1. The summed E-state index contributed by atoms with van der Waals surface area (Å²) in [4.78, 5) is 37.6. The minimum Gasteiger partial charge on any atom is -0.338 e. The van der Waals surface area contributed by atoms with Gasteiger partial charge in [0, 0.05) is 39.2 Å². The van der Waals surface area contributed by atoms with E-state index >= 15 is 0 Å². The molecule has 1 aliphatic rings. The monoisotopic (exact) mass is 386 g/mol. The molecule has 0 radical (unpaired) electrons. The molecule has 0 saturated carbocycles. The van der Waals surface area contributed by atoms with Gasteiger partial charge in [-0.05, 0) is 24.3 Å². The maximum Gasteiger partial charge on any atom is 0.317 e. The van der Waals surface area contributed by atoms with E-state index in [0.717, 1.165) is 24.5 Å². The topological polar surface area (TPSA) is 95.9 Å². The maximum absolute atomic E-state index is 12.3. The summed E-state index contributed by atoms with van der Waals surface area (Å²) in [7, 11) is 1.68. The van der Waals surface area contributed by atoms with E-state index in [1.165, 1.54) is 29.1 Å². The molecule has 142 valence electrons. The number of carbonyl (C=O) groups excluding carboxylic acids is 1. The number of aryl methyl sites for hydroxylation is 2. The van der Waals surface area contributed by atoms with Crippen molar-refractivity contribution in [2.75, 3.05) is 13.6 Å². The molecular formula is C18H22N6O2S. The van der Waals surface area contributed by atoms with Crippen LogP contribution in [0.15, 0.2) is 22.4 Å². The zero-order chi connectivity index (χ0) is 18.8. The molecule has 4 heterocycles. The molecule has 8 nitrogen and oxygen atoms in total. The Morgan fingerprint density at radius 3 is 3.15 bits per heavy atom.